The molecule has 0 aromatic heterocycles. The Bertz CT molecular complexity index is 162. The first kappa shape index (κ1) is 11.4. The van der Waals surface area contributed by atoms with Gasteiger partial charge in [-0.05, 0) is 11.8 Å². The maximum atomic E-state index is 10.3. The molecule has 0 heterocycles. The molecule has 0 aliphatic carbocycles. The zero-order chi connectivity index (χ0) is 9.94. The third-order valence-corrected chi connectivity index (χ3v) is 1.52. The fourth-order valence-electron chi connectivity index (χ4n) is 0.919. The van der Waals surface area contributed by atoms with Crippen molar-refractivity contribution in [3.8, 4) is 0 Å². The predicted octanol–water partition coefficient (Wildman–Crippen LogP) is 0.195. The molecule has 0 aliphatic rings. The summed E-state index contributed by atoms with van der Waals surface area (Å²) in [5.74, 6) is -1.16. The normalized spacial score (nSPS) is 17.1. The van der Waals surface area contributed by atoms with Crippen LogP contribution in [-0.2, 0) is 4.79 Å². The van der Waals surface area contributed by atoms with Gasteiger partial charge in [0.05, 0.1) is 6.10 Å². The van der Waals surface area contributed by atoms with Crippen LogP contribution in [0, 0.1) is 5.41 Å². The molecule has 4 nitrogen and oxygen atoms in total. The smallest absolute Gasteiger partial charge is 0.323 e. The minimum Gasteiger partial charge on any atom is -0.480 e. The molecule has 0 aromatic carbocycles. The Morgan fingerprint density at radius 1 is 1.50 bits per heavy atom. The highest BCUT2D eigenvalue weighted by molar-refractivity contribution is 5.73. The molecular weight excluding hydrogens is 158 g/mol. The van der Waals surface area contributed by atoms with Gasteiger partial charge in [0.2, 0.25) is 0 Å². The van der Waals surface area contributed by atoms with Gasteiger partial charge in [0.25, 0.3) is 0 Å². The lowest BCUT2D eigenvalue weighted by molar-refractivity contribution is -0.141. The number of carbonyl (C=O) groups is 1. The maximum absolute atomic E-state index is 10.3. The van der Waals surface area contributed by atoms with E-state index in [4.69, 9.17) is 10.8 Å². The van der Waals surface area contributed by atoms with Crippen molar-refractivity contribution < 1.29 is 15.0 Å². The number of aliphatic carboxylic acids is 1. The van der Waals surface area contributed by atoms with Crippen LogP contribution in [0.5, 0.6) is 0 Å². The Balaban J connectivity index is 4.04. The fraction of sp³-hybridized carbons (Fsp3) is 0.875. The highest BCUT2D eigenvalue weighted by Gasteiger charge is 2.26. The molecule has 0 amide bonds. The Labute approximate surface area is 72.4 Å². The summed E-state index contributed by atoms with van der Waals surface area (Å²) in [6, 6.07) is -1.18. The summed E-state index contributed by atoms with van der Waals surface area (Å²) in [6.45, 7) is 5.76. The first-order valence-corrected chi connectivity index (χ1v) is 3.90. The highest BCUT2D eigenvalue weighted by atomic mass is 16.4. The van der Waals surface area contributed by atoms with Crippen molar-refractivity contribution in [1.82, 2.24) is 0 Å². The lowest BCUT2D eigenvalue weighted by atomic mass is 9.87. The molecule has 2 atom stereocenters. The summed E-state index contributed by atoms with van der Waals surface area (Å²) in [4.78, 5) is 10.3. The van der Waals surface area contributed by atoms with Crippen LogP contribution in [0.3, 0.4) is 0 Å². The van der Waals surface area contributed by atoms with Crippen molar-refractivity contribution in [2.24, 2.45) is 11.1 Å². The van der Waals surface area contributed by atoms with Gasteiger partial charge >= 0.3 is 5.97 Å². The maximum Gasteiger partial charge on any atom is 0.323 e. The Morgan fingerprint density at radius 3 is 2.17 bits per heavy atom. The molecule has 0 rings (SSSR count). The van der Waals surface area contributed by atoms with E-state index in [2.05, 4.69) is 0 Å². The number of aliphatic hydroxyl groups is 1. The van der Waals surface area contributed by atoms with Crippen molar-refractivity contribution in [1.29, 1.82) is 0 Å². The van der Waals surface area contributed by atoms with E-state index in [1.165, 1.54) is 0 Å². The summed E-state index contributed by atoms with van der Waals surface area (Å²) >= 11 is 0. The molecule has 72 valence electrons. The van der Waals surface area contributed by atoms with Crippen LogP contribution in [0.4, 0.5) is 0 Å². The van der Waals surface area contributed by atoms with E-state index in [0.717, 1.165) is 0 Å². The van der Waals surface area contributed by atoms with Crippen molar-refractivity contribution in [2.45, 2.75) is 39.3 Å². The Morgan fingerprint density at radius 2 is 1.92 bits per heavy atom. The van der Waals surface area contributed by atoms with E-state index in [1.54, 1.807) is 0 Å². The van der Waals surface area contributed by atoms with Crippen LogP contribution in [0.15, 0.2) is 0 Å². The summed E-state index contributed by atoms with van der Waals surface area (Å²) in [7, 11) is 0. The monoisotopic (exact) mass is 175 g/mol. The second-order valence-corrected chi connectivity index (χ2v) is 4.20. The molecule has 4 N–H and O–H groups in total. The molecule has 0 unspecified atom stereocenters. The van der Waals surface area contributed by atoms with E-state index < -0.39 is 18.1 Å². The molecule has 0 aromatic rings. The molecule has 0 spiro atoms. The largest absolute Gasteiger partial charge is 0.480 e. The van der Waals surface area contributed by atoms with Gasteiger partial charge in [0.15, 0.2) is 0 Å². The van der Waals surface area contributed by atoms with Gasteiger partial charge in [-0.1, -0.05) is 20.8 Å². The second-order valence-electron chi connectivity index (χ2n) is 4.20. The van der Waals surface area contributed by atoms with Crippen LogP contribution in [-0.4, -0.2) is 28.3 Å². The van der Waals surface area contributed by atoms with Gasteiger partial charge in [-0.25, -0.2) is 0 Å². The van der Waals surface area contributed by atoms with Crippen molar-refractivity contribution in [3.05, 3.63) is 0 Å². The van der Waals surface area contributed by atoms with Crippen LogP contribution in [0.25, 0.3) is 0 Å². The number of aliphatic hydroxyl groups excluding tert-OH is 1. The molecule has 0 bridgehead atoms. The predicted molar refractivity (Wildman–Crippen MR) is 45.7 cm³/mol. The average molecular weight is 175 g/mol. The second kappa shape index (κ2) is 3.87. The topological polar surface area (TPSA) is 83.5 Å². The number of carboxylic acids is 1. The number of rotatable bonds is 3. The number of hydrogen-bond donors (Lipinski definition) is 3. The molecule has 12 heavy (non-hydrogen) atoms. The summed E-state index contributed by atoms with van der Waals surface area (Å²) in [6.07, 6.45) is -0.581. The lowest BCUT2D eigenvalue weighted by Crippen LogP contribution is -2.43. The first-order chi connectivity index (χ1) is 5.24. The zero-order valence-electron chi connectivity index (χ0n) is 7.74. The van der Waals surface area contributed by atoms with Gasteiger partial charge in [-0.2, -0.15) is 0 Å². The van der Waals surface area contributed by atoms with Crippen LogP contribution in [0.2, 0.25) is 0 Å². The number of nitrogens with two attached hydrogens (primary N) is 1. The van der Waals surface area contributed by atoms with Gasteiger partial charge in [-0.15, -0.1) is 0 Å². The van der Waals surface area contributed by atoms with Crippen LogP contribution in [0.1, 0.15) is 27.2 Å². The minimum atomic E-state index is -1.18. The van der Waals surface area contributed by atoms with E-state index >= 15 is 0 Å². The molecule has 0 aliphatic heterocycles. The standard InChI is InChI=1S/C8H17NO3/c1-8(2,3)4-5(10)6(9)7(11)12/h5-6,10H,4,9H2,1-3H3,(H,11,12)/t5-,6-/m0/s1. The van der Waals surface area contributed by atoms with Gasteiger partial charge in [-0.3, -0.25) is 4.79 Å². The Kier molecular flexibility index (Phi) is 3.67. The molecule has 0 radical (unpaired) electrons. The van der Waals surface area contributed by atoms with Crippen LogP contribution >= 0.6 is 0 Å². The van der Waals surface area contributed by atoms with Crippen molar-refractivity contribution in [3.63, 3.8) is 0 Å². The first-order valence-electron chi connectivity index (χ1n) is 3.90. The number of carboxylic acid groups (broad SMARTS) is 1. The quantitative estimate of drug-likeness (QED) is 0.572. The molecule has 0 saturated heterocycles. The van der Waals surface area contributed by atoms with Crippen molar-refractivity contribution >= 4 is 5.97 Å². The van der Waals surface area contributed by atoms with E-state index in [-0.39, 0.29) is 5.41 Å². The lowest BCUT2D eigenvalue weighted by Gasteiger charge is -2.24. The third-order valence-electron chi connectivity index (χ3n) is 1.52. The van der Waals surface area contributed by atoms with Gasteiger partial charge in [0, 0.05) is 0 Å². The van der Waals surface area contributed by atoms with Crippen molar-refractivity contribution in [2.75, 3.05) is 0 Å². The third kappa shape index (κ3) is 4.31. The summed E-state index contributed by atoms with van der Waals surface area (Å²) in [5, 5.41) is 17.8. The zero-order valence-corrected chi connectivity index (χ0v) is 7.74. The SMILES string of the molecule is CC(C)(C)C[C@H](O)[C@H](N)C(=O)O. The average Bonchev–Trinajstić information content (AvgIpc) is 1.82. The summed E-state index contributed by atoms with van der Waals surface area (Å²) < 4.78 is 0. The van der Waals surface area contributed by atoms with E-state index in [1.807, 2.05) is 20.8 Å². The summed E-state index contributed by atoms with van der Waals surface area (Å²) in [5.41, 5.74) is 5.11. The van der Waals surface area contributed by atoms with Crippen LogP contribution < -0.4 is 5.73 Å². The minimum absolute atomic E-state index is 0.105. The van der Waals surface area contributed by atoms with Gasteiger partial charge in [0.1, 0.15) is 6.04 Å². The van der Waals surface area contributed by atoms with Gasteiger partial charge < -0.3 is 15.9 Å². The molecular formula is C8H17NO3. The van der Waals surface area contributed by atoms with E-state index in [9.17, 15) is 9.90 Å². The highest BCUT2D eigenvalue weighted by Crippen LogP contribution is 2.21. The molecule has 4 heteroatoms. The molecule has 0 saturated carbocycles. The number of hydrogen-bond acceptors (Lipinski definition) is 3. The Hall–Kier alpha value is -0.610. The fourth-order valence-corrected chi connectivity index (χ4v) is 0.919. The van der Waals surface area contributed by atoms with E-state index in [0.29, 0.717) is 6.42 Å². The molecule has 0 fully saturated rings.